The van der Waals surface area contributed by atoms with Crippen molar-refractivity contribution in [3.63, 3.8) is 0 Å². The Labute approximate surface area is 126 Å². The first kappa shape index (κ1) is 14.8. The lowest BCUT2D eigenvalue weighted by molar-refractivity contribution is -0.136. The Hall–Kier alpha value is -1.62. The van der Waals surface area contributed by atoms with Crippen molar-refractivity contribution in [2.75, 3.05) is 0 Å². The van der Waals surface area contributed by atoms with Gasteiger partial charge in [0.25, 0.3) is 0 Å². The number of hydrogen-bond acceptors (Lipinski definition) is 2. The topological polar surface area (TPSA) is 55.1 Å². The third kappa shape index (κ3) is 3.48. The minimum absolute atomic E-state index is 0.143. The van der Waals surface area contributed by atoms with Gasteiger partial charge >= 0.3 is 5.97 Å². The number of aryl methyl sites for hydroxylation is 1. The number of carboxylic acids is 1. The number of rotatable bonds is 5. The number of nitrogens with zero attached hydrogens (tertiary/aromatic N) is 2. The van der Waals surface area contributed by atoms with Crippen LogP contribution < -0.4 is 0 Å². The molecule has 0 bridgehead atoms. The maximum Gasteiger partial charge on any atom is 0.303 e. The van der Waals surface area contributed by atoms with Crippen LogP contribution in [0.5, 0.6) is 0 Å². The highest BCUT2D eigenvalue weighted by molar-refractivity contribution is 9.10. The van der Waals surface area contributed by atoms with Gasteiger partial charge in [-0.3, -0.25) is 9.48 Å². The van der Waals surface area contributed by atoms with Crippen LogP contribution in [0.15, 0.2) is 28.7 Å². The van der Waals surface area contributed by atoms with Crippen LogP contribution in [0.3, 0.4) is 0 Å². The average Bonchev–Trinajstić information content (AvgIpc) is 2.62. The van der Waals surface area contributed by atoms with E-state index in [4.69, 9.17) is 5.11 Å². The molecule has 0 atom stereocenters. The van der Waals surface area contributed by atoms with Crippen LogP contribution >= 0.6 is 15.9 Å². The first-order valence-electron chi connectivity index (χ1n) is 6.46. The van der Waals surface area contributed by atoms with Crippen LogP contribution in [0, 0.1) is 13.8 Å². The number of carboxylic acid groups (broad SMARTS) is 1. The zero-order chi connectivity index (χ0) is 14.7. The van der Waals surface area contributed by atoms with E-state index < -0.39 is 5.97 Å². The molecule has 1 N–H and O–H groups in total. The lowest BCUT2D eigenvalue weighted by Gasteiger charge is -2.06. The van der Waals surface area contributed by atoms with Crippen LogP contribution in [0.4, 0.5) is 0 Å². The Bertz CT molecular complexity index is 635. The van der Waals surface area contributed by atoms with E-state index in [2.05, 4.69) is 33.2 Å². The molecule has 1 aromatic heterocycles. The van der Waals surface area contributed by atoms with Gasteiger partial charge in [0, 0.05) is 16.6 Å². The van der Waals surface area contributed by atoms with Gasteiger partial charge < -0.3 is 5.11 Å². The van der Waals surface area contributed by atoms with Crippen molar-refractivity contribution >= 4 is 21.9 Å². The SMILES string of the molecule is Cc1nn(Cc2cccc(Br)c2)c(C)c1CCC(=O)O. The number of carbonyl (C=O) groups is 1. The summed E-state index contributed by atoms with van der Waals surface area (Å²) in [6.07, 6.45) is 0.676. The normalized spacial score (nSPS) is 10.8. The lowest BCUT2D eigenvalue weighted by atomic mass is 10.1. The molecule has 5 heteroatoms. The van der Waals surface area contributed by atoms with Gasteiger partial charge in [-0.1, -0.05) is 28.1 Å². The summed E-state index contributed by atoms with van der Waals surface area (Å²) in [5, 5.41) is 13.3. The molecule has 2 rings (SSSR count). The van der Waals surface area contributed by atoms with Crippen LogP contribution in [-0.2, 0) is 17.8 Å². The number of halogens is 1. The second-order valence-corrected chi connectivity index (χ2v) is 5.75. The number of aliphatic carboxylic acids is 1. The molecule has 0 fully saturated rings. The summed E-state index contributed by atoms with van der Waals surface area (Å²) < 4.78 is 2.98. The van der Waals surface area contributed by atoms with Gasteiger partial charge in [-0.25, -0.2) is 0 Å². The average molecular weight is 337 g/mol. The summed E-state index contributed by atoms with van der Waals surface area (Å²) >= 11 is 3.46. The van der Waals surface area contributed by atoms with Crippen molar-refractivity contribution in [2.24, 2.45) is 0 Å². The molecule has 0 aliphatic carbocycles. The fraction of sp³-hybridized carbons (Fsp3) is 0.333. The summed E-state index contributed by atoms with van der Waals surface area (Å²) in [4.78, 5) is 10.7. The Morgan fingerprint density at radius 2 is 2.15 bits per heavy atom. The van der Waals surface area contributed by atoms with Crippen LogP contribution in [0.25, 0.3) is 0 Å². The summed E-state index contributed by atoms with van der Waals surface area (Å²) in [6, 6.07) is 8.10. The highest BCUT2D eigenvalue weighted by Crippen LogP contribution is 2.18. The number of hydrogen-bond donors (Lipinski definition) is 1. The zero-order valence-corrected chi connectivity index (χ0v) is 13.1. The van der Waals surface area contributed by atoms with E-state index in [1.807, 2.05) is 30.7 Å². The molecule has 2 aromatic rings. The monoisotopic (exact) mass is 336 g/mol. The fourth-order valence-corrected chi connectivity index (χ4v) is 2.74. The van der Waals surface area contributed by atoms with Crippen molar-refractivity contribution < 1.29 is 9.90 Å². The summed E-state index contributed by atoms with van der Waals surface area (Å²) in [5.74, 6) is -0.775. The van der Waals surface area contributed by atoms with Gasteiger partial charge in [0.1, 0.15) is 0 Å². The molecular formula is C15H17BrN2O2. The lowest BCUT2D eigenvalue weighted by Crippen LogP contribution is -2.05. The van der Waals surface area contributed by atoms with Gasteiger partial charge in [-0.15, -0.1) is 0 Å². The number of benzene rings is 1. The van der Waals surface area contributed by atoms with Crippen molar-refractivity contribution in [1.82, 2.24) is 9.78 Å². The molecule has 1 aromatic carbocycles. The Morgan fingerprint density at radius 1 is 1.40 bits per heavy atom. The summed E-state index contributed by atoms with van der Waals surface area (Å²) in [6.45, 7) is 4.62. The van der Waals surface area contributed by atoms with Crippen molar-refractivity contribution in [3.8, 4) is 0 Å². The van der Waals surface area contributed by atoms with Crippen molar-refractivity contribution in [1.29, 1.82) is 0 Å². The van der Waals surface area contributed by atoms with Gasteiger partial charge in [0.05, 0.1) is 12.2 Å². The molecule has 0 aliphatic heterocycles. The largest absolute Gasteiger partial charge is 0.481 e. The molecule has 0 aliphatic rings. The highest BCUT2D eigenvalue weighted by atomic mass is 79.9. The molecular weight excluding hydrogens is 320 g/mol. The molecule has 0 saturated carbocycles. The quantitative estimate of drug-likeness (QED) is 0.911. The Balaban J connectivity index is 2.21. The van der Waals surface area contributed by atoms with E-state index in [1.165, 1.54) is 0 Å². The molecule has 0 unspecified atom stereocenters. The van der Waals surface area contributed by atoms with Crippen molar-refractivity contribution in [2.45, 2.75) is 33.2 Å². The smallest absolute Gasteiger partial charge is 0.303 e. The molecule has 20 heavy (non-hydrogen) atoms. The van der Waals surface area contributed by atoms with Gasteiger partial charge in [0.15, 0.2) is 0 Å². The highest BCUT2D eigenvalue weighted by Gasteiger charge is 2.13. The zero-order valence-electron chi connectivity index (χ0n) is 11.6. The van der Waals surface area contributed by atoms with E-state index >= 15 is 0 Å². The first-order valence-corrected chi connectivity index (χ1v) is 7.26. The molecule has 1 heterocycles. The summed E-state index contributed by atoms with van der Waals surface area (Å²) in [5.41, 5.74) is 4.17. The van der Waals surface area contributed by atoms with E-state index in [0.29, 0.717) is 13.0 Å². The van der Waals surface area contributed by atoms with E-state index in [0.717, 1.165) is 27.0 Å². The van der Waals surface area contributed by atoms with Gasteiger partial charge in [-0.2, -0.15) is 5.10 Å². The standard InChI is InChI=1S/C15H17BrN2O2/c1-10-14(6-7-15(19)20)11(2)18(17-10)9-12-4-3-5-13(16)8-12/h3-5,8H,6-7,9H2,1-2H3,(H,19,20). The first-order chi connectivity index (χ1) is 9.47. The third-order valence-electron chi connectivity index (χ3n) is 3.34. The minimum atomic E-state index is -0.775. The van der Waals surface area contributed by atoms with E-state index in [1.54, 1.807) is 0 Å². The van der Waals surface area contributed by atoms with Gasteiger partial charge in [0.2, 0.25) is 0 Å². The van der Waals surface area contributed by atoms with E-state index in [9.17, 15) is 4.79 Å². The third-order valence-corrected chi connectivity index (χ3v) is 3.83. The Kier molecular flexibility index (Phi) is 4.60. The van der Waals surface area contributed by atoms with Crippen molar-refractivity contribution in [3.05, 3.63) is 51.3 Å². The Morgan fingerprint density at radius 3 is 2.80 bits per heavy atom. The second-order valence-electron chi connectivity index (χ2n) is 4.83. The molecule has 0 spiro atoms. The van der Waals surface area contributed by atoms with E-state index in [-0.39, 0.29) is 6.42 Å². The minimum Gasteiger partial charge on any atom is -0.481 e. The molecule has 106 valence electrons. The van der Waals surface area contributed by atoms with Crippen LogP contribution in [0.1, 0.15) is 28.9 Å². The predicted molar refractivity (Wildman–Crippen MR) is 80.9 cm³/mol. The van der Waals surface area contributed by atoms with Crippen LogP contribution in [0.2, 0.25) is 0 Å². The maximum absolute atomic E-state index is 10.7. The molecule has 0 radical (unpaired) electrons. The van der Waals surface area contributed by atoms with Gasteiger partial charge in [-0.05, 0) is 43.5 Å². The molecule has 4 nitrogen and oxygen atoms in total. The number of aromatic nitrogens is 2. The summed E-state index contributed by atoms with van der Waals surface area (Å²) in [7, 11) is 0. The maximum atomic E-state index is 10.7. The van der Waals surface area contributed by atoms with Crippen LogP contribution in [-0.4, -0.2) is 20.9 Å². The second kappa shape index (κ2) is 6.22. The molecule has 0 amide bonds. The fourth-order valence-electron chi connectivity index (χ4n) is 2.29. The predicted octanol–water partition coefficient (Wildman–Crippen LogP) is 3.33. The molecule has 0 saturated heterocycles.